The minimum Gasteiger partial charge on any atom is -0.489 e. The molecular weight excluding hydrogens is 276 g/mol. The van der Waals surface area contributed by atoms with Gasteiger partial charge in [0.1, 0.15) is 12.4 Å². The molecule has 4 nitrogen and oxygen atoms in total. The van der Waals surface area contributed by atoms with Crippen LogP contribution in [0.5, 0.6) is 5.75 Å². The molecular formula is C18H20N2O2. The van der Waals surface area contributed by atoms with Crippen LogP contribution >= 0.6 is 0 Å². The molecule has 3 rings (SSSR count). The van der Waals surface area contributed by atoms with Crippen LogP contribution in [-0.2, 0) is 6.61 Å². The molecule has 1 aliphatic rings. The Balaban J connectivity index is 1.65. The van der Waals surface area contributed by atoms with E-state index < -0.39 is 0 Å². The topological polar surface area (TPSA) is 41.6 Å². The highest BCUT2D eigenvalue weighted by Crippen LogP contribution is 2.17. The van der Waals surface area contributed by atoms with E-state index >= 15 is 0 Å². The van der Waals surface area contributed by atoms with E-state index in [1.807, 2.05) is 61.6 Å². The molecule has 0 saturated carbocycles. The zero-order valence-corrected chi connectivity index (χ0v) is 12.7. The maximum absolute atomic E-state index is 12.4. The highest BCUT2D eigenvalue weighted by Gasteiger charge is 2.26. The molecule has 0 aromatic heterocycles. The Morgan fingerprint density at radius 3 is 2.64 bits per heavy atom. The first kappa shape index (κ1) is 14.6. The van der Waals surface area contributed by atoms with Crippen molar-refractivity contribution < 1.29 is 9.53 Å². The lowest BCUT2D eigenvalue weighted by atomic mass is 10.1. The maximum atomic E-state index is 12.4. The Bertz CT molecular complexity index is 639. The third-order valence-corrected chi connectivity index (χ3v) is 3.96. The van der Waals surface area contributed by atoms with Gasteiger partial charge < -0.3 is 15.0 Å². The average Bonchev–Trinajstić information content (AvgIpc) is 2.52. The molecule has 4 heteroatoms. The van der Waals surface area contributed by atoms with E-state index in [4.69, 9.17) is 4.74 Å². The normalized spacial score (nSPS) is 14.2. The first-order chi connectivity index (χ1) is 10.7. The van der Waals surface area contributed by atoms with Crippen molar-refractivity contribution in [2.75, 3.05) is 20.1 Å². The van der Waals surface area contributed by atoms with Gasteiger partial charge in [-0.1, -0.05) is 36.4 Å². The smallest absolute Gasteiger partial charge is 0.254 e. The fourth-order valence-corrected chi connectivity index (χ4v) is 2.38. The lowest BCUT2D eigenvalue weighted by Gasteiger charge is -2.35. The predicted molar refractivity (Wildman–Crippen MR) is 86.0 cm³/mol. The number of nitrogens with zero attached hydrogens (tertiary/aromatic N) is 1. The molecule has 0 atom stereocenters. The van der Waals surface area contributed by atoms with Crippen LogP contribution in [-0.4, -0.2) is 37.0 Å². The molecule has 0 bridgehead atoms. The number of amides is 1. The van der Waals surface area contributed by atoms with Crippen LogP contribution < -0.4 is 10.1 Å². The summed E-state index contributed by atoms with van der Waals surface area (Å²) >= 11 is 0. The van der Waals surface area contributed by atoms with Crippen LogP contribution in [0.15, 0.2) is 54.6 Å². The second-order valence-corrected chi connectivity index (χ2v) is 5.53. The molecule has 2 aromatic rings. The number of hydrogen-bond acceptors (Lipinski definition) is 3. The van der Waals surface area contributed by atoms with Crippen molar-refractivity contribution in [1.29, 1.82) is 0 Å². The number of benzene rings is 2. The molecule has 1 saturated heterocycles. The molecule has 22 heavy (non-hydrogen) atoms. The second kappa shape index (κ2) is 6.62. The molecule has 1 aliphatic heterocycles. The lowest BCUT2D eigenvalue weighted by molar-refractivity contribution is 0.0680. The molecule has 1 fully saturated rings. The van der Waals surface area contributed by atoms with E-state index in [1.54, 1.807) is 4.90 Å². The molecule has 2 aromatic carbocycles. The van der Waals surface area contributed by atoms with Gasteiger partial charge in [-0.2, -0.15) is 0 Å². The summed E-state index contributed by atoms with van der Waals surface area (Å²) in [5.41, 5.74) is 1.77. The Morgan fingerprint density at radius 2 is 1.95 bits per heavy atom. The summed E-state index contributed by atoms with van der Waals surface area (Å²) in [5, 5.41) is 3.18. The van der Waals surface area contributed by atoms with E-state index in [1.165, 1.54) is 0 Å². The van der Waals surface area contributed by atoms with Crippen LogP contribution in [0.4, 0.5) is 0 Å². The quantitative estimate of drug-likeness (QED) is 0.920. The number of nitrogens with one attached hydrogen (secondary N) is 1. The summed E-state index contributed by atoms with van der Waals surface area (Å²) in [6, 6.07) is 17.7. The third-order valence-electron chi connectivity index (χ3n) is 3.96. The first-order valence-electron chi connectivity index (χ1n) is 7.49. The van der Waals surface area contributed by atoms with E-state index in [0.29, 0.717) is 18.2 Å². The van der Waals surface area contributed by atoms with Crippen LogP contribution in [0.2, 0.25) is 0 Å². The number of carbonyl (C=O) groups excluding carboxylic acids is 1. The zero-order valence-electron chi connectivity index (χ0n) is 12.7. The number of rotatable bonds is 5. The third kappa shape index (κ3) is 3.28. The maximum Gasteiger partial charge on any atom is 0.254 e. The van der Waals surface area contributed by atoms with Crippen molar-refractivity contribution in [3.8, 4) is 5.75 Å². The Labute approximate surface area is 130 Å². The van der Waals surface area contributed by atoms with Crippen molar-refractivity contribution in [3.63, 3.8) is 0 Å². The summed E-state index contributed by atoms with van der Waals surface area (Å²) in [4.78, 5) is 14.2. The van der Waals surface area contributed by atoms with Gasteiger partial charge in [0.25, 0.3) is 5.91 Å². The highest BCUT2D eigenvalue weighted by atomic mass is 16.5. The van der Waals surface area contributed by atoms with Gasteiger partial charge in [0.15, 0.2) is 0 Å². The molecule has 0 aliphatic carbocycles. The van der Waals surface area contributed by atoms with Crippen LogP contribution in [0.3, 0.4) is 0 Å². The summed E-state index contributed by atoms with van der Waals surface area (Å²) in [7, 11) is 1.85. The fraction of sp³-hybridized carbons (Fsp3) is 0.278. The van der Waals surface area contributed by atoms with Gasteiger partial charge in [0.05, 0.1) is 6.04 Å². The second-order valence-electron chi connectivity index (χ2n) is 5.53. The molecule has 114 valence electrons. The molecule has 0 radical (unpaired) electrons. The van der Waals surface area contributed by atoms with Crippen molar-refractivity contribution in [1.82, 2.24) is 10.2 Å². The van der Waals surface area contributed by atoms with Gasteiger partial charge in [0, 0.05) is 25.7 Å². The van der Waals surface area contributed by atoms with Crippen molar-refractivity contribution >= 4 is 5.91 Å². The van der Waals surface area contributed by atoms with Gasteiger partial charge in [-0.3, -0.25) is 4.79 Å². The number of hydrogen-bond donors (Lipinski definition) is 1. The molecule has 0 unspecified atom stereocenters. The van der Waals surface area contributed by atoms with Gasteiger partial charge >= 0.3 is 0 Å². The summed E-state index contributed by atoms with van der Waals surface area (Å²) < 4.78 is 5.78. The monoisotopic (exact) mass is 296 g/mol. The lowest BCUT2D eigenvalue weighted by Crippen LogP contribution is -2.57. The number of likely N-dealkylation sites (N-methyl/N-ethyl adjacent to an activating group) is 1. The molecule has 0 spiro atoms. The van der Waals surface area contributed by atoms with Crippen LogP contribution in [0, 0.1) is 0 Å². The van der Waals surface area contributed by atoms with E-state index in [0.717, 1.165) is 24.4 Å². The van der Waals surface area contributed by atoms with Crippen LogP contribution in [0.1, 0.15) is 15.9 Å². The highest BCUT2D eigenvalue weighted by molar-refractivity contribution is 5.94. The van der Waals surface area contributed by atoms with E-state index in [2.05, 4.69) is 5.32 Å². The standard InChI is InChI=1S/C18H20N2O2/c1-20(16-11-19-12-16)18(21)15-8-5-9-17(10-15)22-13-14-6-3-2-4-7-14/h2-10,16,19H,11-13H2,1H3. The van der Waals surface area contributed by atoms with Crippen LogP contribution in [0.25, 0.3) is 0 Å². The summed E-state index contributed by atoms with van der Waals surface area (Å²) in [5.74, 6) is 0.756. The molecule has 1 amide bonds. The minimum absolute atomic E-state index is 0.0386. The average molecular weight is 296 g/mol. The predicted octanol–water partition coefficient (Wildman–Crippen LogP) is 2.31. The molecule has 1 N–H and O–H groups in total. The SMILES string of the molecule is CN(C(=O)c1cccc(OCc2ccccc2)c1)C1CNC1. The van der Waals surface area contributed by atoms with E-state index in [-0.39, 0.29) is 5.91 Å². The Hall–Kier alpha value is -2.33. The van der Waals surface area contributed by atoms with Gasteiger partial charge in [0.2, 0.25) is 0 Å². The van der Waals surface area contributed by atoms with Gasteiger partial charge in [-0.05, 0) is 23.8 Å². The van der Waals surface area contributed by atoms with Crippen molar-refractivity contribution in [2.24, 2.45) is 0 Å². The molecule has 1 heterocycles. The van der Waals surface area contributed by atoms with E-state index in [9.17, 15) is 4.79 Å². The fourth-order valence-electron chi connectivity index (χ4n) is 2.38. The van der Waals surface area contributed by atoms with Crippen molar-refractivity contribution in [2.45, 2.75) is 12.6 Å². The van der Waals surface area contributed by atoms with Crippen molar-refractivity contribution in [3.05, 3.63) is 65.7 Å². The van der Waals surface area contributed by atoms with Gasteiger partial charge in [-0.25, -0.2) is 0 Å². The number of ether oxygens (including phenoxy) is 1. The zero-order chi connectivity index (χ0) is 15.4. The first-order valence-corrected chi connectivity index (χ1v) is 7.49. The largest absolute Gasteiger partial charge is 0.489 e. The number of carbonyl (C=O) groups is 1. The summed E-state index contributed by atoms with van der Waals surface area (Å²) in [6.07, 6.45) is 0. The Kier molecular flexibility index (Phi) is 4.39. The van der Waals surface area contributed by atoms with Gasteiger partial charge in [-0.15, -0.1) is 0 Å². The Morgan fingerprint density at radius 1 is 1.18 bits per heavy atom. The summed E-state index contributed by atoms with van der Waals surface area (Å²) in [6.45, 7) is 2.24. The minimum atomic E-state index is 0.0386.